The molecule has 0 amide bonds. The first-order chi connectivity index (χ1) is 8.91. The second-order valence-corrected chi connectivity index (χ2v) is 5.82. The van der Waals surface area contributed by atoms with E-state index in [0.717, 1.165) is 15.7 Å². The summed E-state index contributed by atoms with van der Waals surface area (Å²) in [5.41, 5.74) is 1.90. The van der Waals surface area contributed by atoms with Gasteiger partial charge in [0.1, 0.15) is 5.69 Å². The SMILES string of the molecule is CC(C)n1c(C(=O)O)ccc1-c1ccc(Br)cc1Cl. The van der Waals surface area contributed by atoms with Crippen LogP contribution in [0.1, 0.15) is 30.4 Å². The molecule has 0 unspecified atom stereocenters. The summed E-state index contributed by atoms with van der Waals surface area (Å²) in [4.78, 5) is 11.2. The quantitative estimate of drug-likeness (QED) is 0.866. The first-order valence-corrected chi connectivity index (χ1v) is 6.99. The Balaban J connectivity index is 2.65. The first-order valence-electron chi connectivity index (χ1n) is 5.81. The maximum Gasteiger partial charge on any atom is 0.352 e. The van der Waals surface area contributed by atoms with Gasteiger partial charge in [0, 0.05) is 16.1 Å². The zero-order chi connectivity index (χ0) is 14.2. The van der Waals surface area contributed by atoms with Crippen LogP contribution in [0, 0.1) is 0 Å². The minimum atomic E-state index is -0.937. The molecule has 0 fully saturated rings. The van der Waals surface area contributed by atoms with Gasteiger partial charge in [0.25, 0.3) is 0 Å². The second-order valence-electron chi connectivity index (χ2n) is 4.50. The van der Waals surface area contributed by atoms with Gasteiger partial charge in [-0.3, -0.25) is 0 Å². The number of aromatic carboxylic acids is 1. The molecule has 0 radical (unpaired) electrons. The Labute approximate surface area is 124 Å². The lowest BCUT2D eigenvalue weighted by molar-refractivity contribution is 0.0683. The van der Waals surface area contributed by atoms with Crippen LogP contribution in [0.15, 0.2) is 34.8 Å². The lowest BCUT2D eigenvalue weighted by Crippen LogP contribution is -2.11. The summed E-state index contributed by atoms with van der Waals surface area (Å²) >= 11 is 9.60. The molecule has 1 aromatic carbocycles. The Morgan fingerprint density at radius 2 is 2.00 bits per heavy atom. The molecule has 2 rings (SSSR count). The largest absolute Gasteiger partial charge is 0.477 e. The van der Waals surface area contributed by atoms with Gasteiger partial charge in [-0.25, -0.2) is 4.79 Å². The van der Waals surface area contributed by atoms with E-state index in [2.05, 4.69) is 15.9 Å². The monoisotopic (exact) mass is 341 g/mol. The molecule has 0 bridgehead atoms. The maximum absolute atomic E-state index is 11.2. The average molecular weight is 343 g/mol. The zero-order valence-corrected chi connectivity index (χ0v) is 12.9. The van der Waals surface area contributed by atoms with Gasteiger partial charge in [0.15, 0.2) is 0 Å². The van der Waals surface area contributed by atoms with E-state index in [9.17, 15) is 9.90 Å². The predicted molar refractivity (Wildman–Crippen MR) is 79.9 cm³/mol. The third kappa shape index (κ3) is 2.69. The number of carboxylic acid groups (broad SMARTS) is 1. The van der Waals surface area contributed by atoms with Crippen LogP contribution >= 0.6 is 27.5 Å². The molecule has 2 aromatic rings. The number of carbonyl (C=O) groups is 1. The number of carboxylic acids is 1. The number of nitrogens with zero attached hydrogens (tertiary/aromatic N) is 1. The molecule has 0 aliphatic heterocycles. The van der Waals surface area contributed by atoms with Crippen molar-refractivity contribution < 1.29 is 9.90 Å². The molecule has 1 aromatic heterocycles. The van der Waals surface area contributed by atoms with Crippen molar-refractivity contribution in [2.24, 2.45) is 0 Å². The molecule has 1 N–H and O–H groups in total. The molecule has 19 heavy (non-hydrogen) atoms. The van der Waals surface area contributed by atoms with Gasteiger partial charge >= 0.3 is 5.97 Å². The van der Waals surface area contributed by atoms with E-state index in [1.54, 1.807) is 22.8 Å². The molecular formula is C14H13BrClNO2. The number of rotatable bonds is 3. The molecule has 5 heteroatoms. The molecule has 3 nitrogen and oxygen atoms in total. The molecular weight excluding hydrogens is 330 g/mol. The Kier molecular flexibility index (Phi) is 4.02. The van der Waals surface area contributed by atoms with E-state index in [1.165, 1.54) is 0 Å². The summed E-state index contributed by atoms with van der Waals surface area (Å²) in [7, 11) is 0. The maximum atomic E-state index is 11.2. The van der Waals surface area contributed by atoms with E-state index in [4.69, 9.17) is 11.6 Å². The topological polar surface area (TPSA) is 42.2 Å². The molecule has 0 saturated carbocycles. The Morgan fingerprint density at radius 3 is 2.53 bits per heavy atom. The zero-order valence-electron chi connectivity index (χ0n) is 10.5. The number of hydrogen-bond acceptors (Lipinski definition) is 1. The van der Waals surface area contributed by atoms with Crippen molar-refractivity contribution in [3.63, 3.8) is 0 Å². The van der Waals surface area contributed by atoms with Crippen molar-refractivity contribution in [2.75, 3.05) is 0 Å². The molecule has 0 spiro atoms. The van der Waals surface area contributed by atoms with Gasteiger partial charge in [-0.15, -0.1) is 0 Å². The summed E-state index contributed by atoms with van der Waals surface area (Å²) in [5, 5.41) is 9.82. The molecule has 0 atom stereocenters. The predicted octanol–water partition coefficient (Wildman–Crippen LogP) is 4.85. The third-order valence-corrected chi connectivity index (χ3v) is 3.67. The second kappa shape index (κ2) is 5.39. The fourth-order valence-electron chi connectivity index (χ4n) is 2.10. The molecule has 100 valence electrons. The summed E-state index contributed by atoms with van der Waals surface area (Å²) in [6.45, 7) is 3.89. The highest BCUT2D eigenvalue weighted by atomic mass is 79.9. The van der Waals surface area contributed by atoms with Crippen molar-refractivity contribution in [3.05, 3.63) is 45.5 Å². The Morgan fingerprint density at radius 1 is 1.32 bits per heavy atom. The summed E-state index contributed by atoms with van der Waals surface area (Å²) in [6, 6.07) is 9.01. The lowest BCUT2D eigenvalue weighted by Gasteiger charge is -2.16. The Bertz CT molecular complexity index is 634. The van der Waals surface area contributed by atoms with Crippen LogP contribution in [0.25, 0.3) is 11.3 Å². The van der Waals surface area contributed by atoms with Gasteiger partial charge in [0.2, 0.25) is 0 Å². The van der Waals surface area contributed by atoms with Crippen LogP contribution in [0.2, 0.25) is 5.02 Å². The summed E-state index contributed by atoms with van der Waals surface area (Å²) in [5.74, 6) is -0.937. The van der Waals surface area contributed by atoms with Gasteiger partial charge in [-0.05, 0) is 38.1 Å². The molecule has 0 aliphatic rings. The van der Waals surface area contributed by atoms with Crippen molar-refractivity contribution in [2.45, 2.75) is 19.9 Å². The number of halogens is 2. The standard InChI is InChI=1S/C14H13BrClNO2/c1-8(2)17-12(5-6-13(17)14(18)19)10-4-3-9(15)7-11(10)16/h3-8H,1-2H3,(H,18,19). The van der Waals surface area contributed by atoms with Crippen LogP contribution in [-0.4, -0.2) is 15.6 Å². The highest BCUT2D eigenvalue weighted by Gasteiger charge is 2.18. The highest BCUT2D eigenvalue weighted by molar-refractivity contribution is 9.10. The summed E-state index contributed by atoms with van der Waals surface area (Å²) in [6.07, 6.45) is 0. The Hall–Kier alpha value is -1.26. The molecule has 0 saturated heterocycles. The van der Waals surface area contributed by atoms with E-state index in [1.807, 2.05) is 26.0 Å². The van der Waals surface area contributed by atoms with E-state index in [-0.39, 0.29) is 11.7 Å². The average Bonchev–Trinajstić information content (AvgIpc) is 2.73. The van der Waals surface area contributed by atoms with Crippen molar-refractivity contribution >= 4 is 33.5 Å². The molecule has 1 heterocycles. The number of aromatic nitrogens is 1. The van der Waals surface area contributed by atoms with Gasteiger partial charge in [-0.2, -0.15) is 0 Å². The van der Waals surface area contributed by atoms with Crippen molar-refractivity contribution in [1.82, 2.24) is 4.57 Å². The summed E-state index contributed by atoms with van der Waals surface area (Å²) < 4.78 is 2.67. The van der Waals surface area contributed by atoms with Crippen LogP contribution < -0.4 is 0 Å². The first kappa shape index (κ1) is 14.2. The normalized spacial score (nSPS) is 11.0. The molecule has 0 aliphatic carbocycles. The van der Waals surface area contributed by atoms with E-state index in [0.29, 0.717) is 5.02 Å². The lowest BCUT2D eigenvalue weighted by atomic mass is 10.1. The van der Waals surface area contributed by atoms with Gasteiger partial charge < -0.3 is 9.67 Å². The van der Waals surface area contributed by atoms with Crippen LogP contribution in [0.5, 0.6) is 0 Å². The number of benzene rings is 1. The van der Waals surface area contributed by atoms with Crippen LogP contribution in [0.3, 0.4) is 0 Å². The van der Waals surface area contributed by atoms with Crippen LogP contribution in [-0.2, 0) is 0 Å². The smallest absolute Gasteiger partial charge is 0.352 e. The minimum Gasteiger partial charge on any atom is -0.477 e. The van der Waals surface area contributed by atoms with Gasteiger partial charge in [0.05, 0.1) is 10.7 Å². The fraction of sp³-hybridized carbons (Fsp3) is 0.214. The van der Waals surface area contributed by atoms with E-state index < -0.39 is 5.97 Å². The fourth-order valence-corrected chi connectivity index (χ4v) is 2.87. The highest BCUT2D eigenvalue weighted by Crippen LogP contribution is 2.33. The van der Waals surface area contributed by atoms with Crippen molar-refractivity contribution in [3.8, 4) is 11.3 Å². The third-order valence-electron chi connectivity index (χ3n) is 2.86. The minimum absolute atomic E-state index is 0.0378. The number of hydrogen-bond donors (Lipinski definition) is 1. The van der Waals surface area contributed by atoms with Crippen molar-refractivity contribution in [1.29, 1.82) is 0 Å². The van der Waals surface area contributed by atoms with Gasteiger partial charge in [-0.1, -0.05) is 33.6 Å². The van der Waals surface area contributed by atoms with Crippen LogP contribution in [0.4, 0.5) is 0 Å². The van der Waals surface area contributed by atoms with E-state index >= 15 is 0 Å².